The van der Waals surface area contributed by atoms with Crippen LogP contribution in [0.25, 0.3) is 6.08 Å². The maximum atomic E-state index is 12.0. The maximum Gasteiger partial charge on any atom is 0.363 e. The molecule has 4 heteroatoms. The number of cyclic esters (lactones) is 1. The first-order chi connectivity index (χ1) is 11.2. The number of aryl methyl sites for hydroxylation is 1. The van der Waals surface area contributed by atoms with Gasteiger partial charge in [0, 0.05) is 5.56 Å². The van der Waals surface area contributed by atoms with E-state index in [1.165, 1.54) is 0 Å². The molecule has 2 aromatic carbocycles. The number of hydrogen-bond donors (Lipinski definition) is 0. The molecule has 1 heterocycles. The number of hydrogen-bond acceptors (Lipinski definition) is 4. The van der Waals surface area contributed by atoms with Crippen molar-refractivity contribution in [1.29, 1.82) is 0 Å². The van der Waals surface area contributed by atoms with Crippen molar-refractivity contribution in [3.63, 3.8) is 0 Å². The van der Waals surface area contributed by atoms with Gasteiger partial charge in [-0.1, -0.05) is 29.8 Å². The molecular formula is C19H17NO3. The van der Waals surface area contributed by atoms with Gasteiger partial charge in [0.2, 0.25) is 5.90 Å². The van der Waals surface area contributed by atoms with Gasteiger partial charge in [-0.2, -0.15) is 0 Å². The largest absolute Gasteiger partial charge is 0.494 e. The fourth-order valence-corrected chi connectivity index (χ4v) is 2.30. The van der Waals surface area contributed by atoms with Crippen LogP contribution in [-0.2, 0) is 9.53 Å². The van der Waals surface area contributed by atoms with Crippen molar-refractivity contribution in [3.05, 3.63) is 70.9 Å². The molecule has 3 rings (SSSR count). The molecule has 0 fully saturated rings. The molecule has 0 N–H and O–H groups in total. The smallest absolute Gasteiger partial charge is 0.363 e. The summed E-state index contributed by atoms with van der Waals surface area (Å²) in [6, 6.07) is 15.2. The van der Waals surface area contributed by atoms with Gasteiger partial charge in [0.25, 0.3) is 0 Å². The Morgan fingerprint density at radius 3 is 2.65 bits per heavy atom. The zero-order valence-electron chi connectivity index (χ0n) is 13.1. The summed E-state index contributed by atoms with van der Waals surface area (Å²) in [6.45, 7) is 4.54. The van der Waals surface area contributed by atoms with Crippen LogP contribution in [0.5, 0.6) is 5.75 Å². The first-order valence-electron chi connectivity index (χ1n) is 7.48. The van der Waals surface area contributed by atoms with Gasteiger partial charge >= 0.3 is 5.97 Å². The summed E-state index contributed by atoms with van der Waals surface area (Å²) in [6.07, 6.45) is 1.71. The summed E-state index contributed by atoms with van der Waals surface area (Å²) in [5, 5.41) is 0. The van der Waals surface area contributed by atoms with Crippen molar-refractivity contribution in [3.8, 4) is 5.75 Å². The van der Waals surface area contributed by atoms with E-state index >= 15 is 0 Å². The minimum atomic E-state index is -0.435. The van der Waals surface area contributed by atoms with Crippen LogP contribution in [-0.4, -0.2) is 18.5 Å². The van der Waals surface area contributed by atoms with Crippen molar-refractivity contribution < 1.29 is 14.3 Å². The molecule has 0 aromatic heterocycles. The molecule has 4 nitrogen and oxygen atoms in total. The summed E-state index contributed by atoms with van der Waals surface area (Å²) in [5.74, 6) is 0.707. The molecule has 0 bridgehead atoms. The van der Waals surface area contributed by atoms with Crippen molar-refractivity contribution in [2.45, 2.75) is 13.8 Å². The van der Waals surface area contributed by atoms with E-state index < -0.39 is 5.97 Å². The SMILES string of the molecule is CCOc1ccc(/C=C2\N=C(c3cccc(C)c3)OC2=O)cc1. The van der Waals surface area contributed by atoms with Crippen molar-refractivity contribution >= 4 is 17.9 Å². The third-order valence-electron chi connectivity index (χ3n) is 3.38. The molecule has 1 aliphatic rings. The number of carbonyl (C=O) groups excluding carboxylic acids is 1. The minimum absolute atomic E-state index is 0.297. The lowest BCUT2D eigenvalue weighted by molar-refractivity contribution is -0.129. The van der Waals surface area contributed by atoms with E-state index in [0.717, 1.165) is 22.4 Å². The fourth-order valence-electron chi connectivity index (χ4n) is 2.30. The first-order valence-corrected chi connectivity index (χ1v) is 7.48. The Balaban J connectivity index is 1.85. The number of rotatable bonds is 4. The highest BCUT2D eigenvalue weighted by atomic mass is 16.6. The van der Waals surface area contributed by atoms with E-state index in [4.69, 9.17) is 9.47 Å². The third-order valence-corrected chi connectivity index (χ3v) is 3.38. The normalized spacial score (nSPS) is 15.5. The summed E-state index contributed by atoms with van der Waals surface area (Å²) in [5.41, 5.74) is 3.05. The van der Waals surface area contributed by atoms with E-state index in [0.29, 0.717) is 18.2 Å². The van der Waals surface area contributed by atoms with E-state index in [-0.39, 0.29) is 0 Å². The van der Waals surface area contributed by atoms with Crippen LogP contribution in [0.3, 0.4) is 0 Å². The molecule has 1 aliphatic heterocycles. The predicted molar refractivity (Wildman–Crippen MR) is 89.4 cm³/mol. The van der Waals surface area contributed by atoms with Gasteiger partial charge in [-0.05, 0) is 49.8 Å². The highest BCUT2D eigenvalue weighted by Gasteiger charge is 2.24. The summed E-state index contributed by atoms with van der Waals surface area (Å²) in [4.78, 5) is 16.3. The van der Waals surface area contributed by atoms with E-state index in [1.54, 1.807) is 6.08 Å². The zero-order chi connectivity index (χ0) is 16.2. The van der Waals surface area contributed by atoms with Crippen LogP contribution in [0.15, 0.2) is 59.2 Å². The molecule has 23 heavy (non-hydrogen) atoms. The van der Waals surface area contributed by atoms with Gasteiger partial charge in [0.1, 0.15) is 5.75 Å². The first kappa shape index (κ1) is 15.0. The second-order valence-electron chi connectivity index (χ2n) is 5.21. The summed E-state index contributed by atoms with van der Waals surface area (Å²) in [7, 11) is 0. The Labute approximate surface area is 135 Å². The van der Waals surface area contributed by atoms with E-state index in [2.05, 4.69) is 4.99 Å². The minimum Gasteiger partial charge on any atom is -0.494 e. The molecule has 116 valence electrons. The Morgan fingerprint density at radius 2 is 1.96 bits per heavy atom. The van der Waals surface area contributed by atoms with Crippen LogP contribution in [0.1, 0.15) is 23.6 Å². The van der Waals surface area contributed by atoms with Gasteiger partial charge in [0.15, 0.2) is 5.70 Å². The number of carbonyl (C=O) groups is 1. The van der Waals surface area contributed by atoms with Crippen molar-refractivity contribution in [2.24, 2.45) is 4.99 Å². The number of ether oxygens (including phenoxy) is 2. The molecule has 0 radical (unpaired) electrons. The molecule has 0 spiro atoms. The van der Waals surface area contributed by atoms with E-state index in [1.807, 2.05) is 62.4 Å². The molecule has 0 unspecified atom stereocenters. The third kappa shape index (κ3) is 3.48. The maximum absolute atomic E-state index is 12.0. The van der Waals surface area contributed by atoms with Crippen LogP contribution < -0.4 is 4.74 Å². The molecular weight excluding hydrogens is 290 g/mol. The zero-order valence-corrected chi connectivity index (χ0v) is 13.1. The van der Waals surface area contributed by atoms with Gasteiger partial charge in [-0.25, -0.2) is 9.79 Å². The van der Waals surface area contributed by atoms with Gasteiger partial charge in [-0.15, -0.1) is 0 Å². The number of aliphatic imine (C=N–C) groups is 1. The van der Waals surface area contributed by atoms with Gasteiger partial charge < -0.3 is 9.47 Å². The van der Waals surface area contributed by atoms with E-state index in [9.17, 15) is 4.79 Å². The lowest BCUT2D eigenvalue weighted by Gasteiger charge is -2.02. The highest BCUT2D eigenvalue weighted by molar-refractivity contribution is 6.12. The molecule has 0 saturated heterocycles. The van der Waals surface area contributed by atoms with Crippen LogP contribution in [0.4, 0.5) is 0 Å². The number of esters is 1. The predicted octanol–water partition coefficient (Wildman–Crippen LogP) is 3.74. The molecule has 0 amide bonds. The Morgan fingerprint density at radius 1 is 1.17 bits per heavy atom. The lowest BCUT2D eigenvalue weighted by Crippen LogP contribution is -2.05. The molecule has 0 aliphatic carbocycles. The van der Waals surface area contributed by atoms with Crippen LogP contribution >= 0.6 is 0 Å². The highest BCUT2D eigenvalue weighted by Crippen LogP contribution is 2.21. The summed E-state index contributed by atoms with van der Waals surface area (Å²) >= 11 is 0. The number of nitrogens with zero attached hydrogens (tertiary/aromatic N) is 1. The van der Waals surface area contributed by atoms with Crippen molar-refractivity contribution in [2.75, 3.05) is 6.61 Å². The average Bonchev–Trinajstić information content (AvgIpc) is 2.91. The van der Waals surface area contributed by atoms with Gasteiger partial charge in [-0.3, -0.25) is 0 Å². The topological polar surface area (TPSA) is 47.9 Å². The Hall–Kier alpha value is -2.88. The second kappa shape index (κ2) is 6.48. The molecule has 2 aromatic rings. The Bertz CT molecular complexity index is 789. The standard InChI is InChI=1S/C19H17NO3/c1-3-22-16-9-7-14(8-10-16)12-17-19(21)23-18(20-17)15-6-4-5-13(2)11-15/h4-12H,3H2,1-2H3/b17-12-. The van der Waals surface area contributed by atoms with Gasteiger partial charge in [0.05, 0.1) is 6.61 Å². The monoisotopic (exact) mass is 307 g/mol. The summed E-state index contributed by atoms with van der Waals surface area (Å²) < 4.78 is 10.7. The van der Waals surface area contributed by atoms with Crippen molar-refractivity contribution in [1.82, 2.24) is 0 Å². The fraction of sp³-hybridized carbons (Fsp3) is 0.158. The van der Waals surface area contributed by atoms with Crippen LogP contribution in [0, 0.1) is 6.92 Å². The second-order valence-corrected chi connectivity index (χ2v) is 5.21. The average molecular weight is 307 g/mol. The lowest BCUT2D eigenvalue weighted by atomic mass is 10.1. The number of benzene rings is 2. The van der Waals surface area contributed by atoms with Crippen LogP contribution in [0.2, 0.25) is 0 Å². The molecule has 0 atom stereocenters. The Kier molecular flexibility index (Phi) is 4.24. The quantitative estimate of drug-likeness (QED) is 0.638. The molecule has 0 saturated carbocycles.